The Kier molecular flexibility index (Phi) is 5.81. The van der Waals surface area contributed by atoms with E-state index in [0.29, 0.717) is 26.1 Å². The molecule has 0 aliphatic heterocycles. The molecular formula is C12H17O3. The van der Waals surface area contributed by atoms with Gasteiger partial charge in [0.2, 0.25) is 0 Å². The monoisotopic (exact) mass is 209 g/mol. The van der Waals surface area contributed by atoms with Crippen LogP contribution < -0.4 is 4.74 Å². The zero-order valence-electron chi connectivity index (χ0n) is 9.23. The van der Waals surface area contributed by atoms with E-state index in [1.54, 1.807) is 0 Å². The summed E-state index contributed by atoms with van der Waals surface area (Å²) < 4.78 is 16.1. The van der Waals surface area contributed by atoms with Gasteiger partial charge in [0.15, 0.2) is 0 Å². The maximum Gasteiger partial charge on any atom is 0.303 e. The Morgan fingerprint density at radius 3 is 2.40 bits per heavy atom. The molecule has 1 aromatic rings. The Bertz CT molecular complexity index is 248. The van der Waals surface area contributed by atoms with Crippen molar-refractivity contribution in [2.45, 2.75) is 13.8 Å². The number of rotatable bonds is 7. The van der Waals surface area contributed by atoms with Crippen molar-refractivity contribution in [2.24, 2.45) is 0 Å². The quantitative estimate of drug-likeness (QED) is 0.691. The number of hydrogen-bond acceptors (Lipinski definition) is 3. The molecule has 15 heavy (non-hydrogen) atoms. The highest BCUT2D eigenvalue weighted by Gasteiger charge is 2.12. The fraction of sp³-hybridized carbons (Fsp3) is 0.417. The molecule has 0 fully saturated rings. The van der Waals surface area contributed by atoms with Gasteiger partial charge < -0.3 is 14.2 Å². The van der Waals surface area contributed by atoms with E-state index in [9.17, 15) is 0 Å². The topological polar surface area (TPSA) is 27.7 Å². The van der Waals surface area contributed by atoms with Gasteiger partial charge in [-0.1, -0.05) is 18.2 Å². The Labute approximate surface area is 91.0 Å². The van der Waals surface area contributed by atoms with Crippen LogP contribution in [0.3, 0.4) is 0 Å². The SMILES string of the molecule is CCOC[C](OCC)Oc1ccccc1. The summed E-state index contributed by atoms with van der Waals surface area (Å²) in [5.41, 5.74) is 0. The van der Waals surface area contributed by atoms with Crippen molar-refractivity contribution in [3.8, 4) is 5.75 Å². The van der Waals surface area contributed by atoms with Gasteiger partial charge in [0.1, 0.15) is 12.4 Å². The molecule has 0 spiro atoms. The van der Waals surface area contributed by atoms with E-state index in [4.69, 9.17) is 14.2 Å². The molecule has 1 radical (unpaired) electrons. The summed E-state index contributed by atoms with van der Waals surface area (Å²) in [4.78, 5) is 0. The molecule has 0 amide bonds. The van der Waals surface area contributed by atoms with Gasteiger partial charge in [0.25, 0.3) is 0 Å². The smallest absolute Gasteiger partial charge is 0.303 e. The number of para-hydroxylation sites is 1. The van der Waals surface area contributed by atoms with E-state index in [1.807, 2.05) is 44.2 Å². The minimum absolute atomic E-state index is 0.374. The molecule has 0 saturated carbocycles. The molecule has 1 rings (SSSR count). The van der Waals surface area contributed by atoms with Crippen LogP contribution in [0.15, 0.2) is 30.3 Å². The van der Waals surface area contributed by atoms with Crippen molar-refractivity contribution in [2.75, 3.05) is 19.8 Å². The van der Waals surface area contributed by atoms with Crippen molar-refractivity contribution in [1.82, 2.24) is 0 Å². The molecule has 0 aliphatic carbocycles. The average Bonchev–Trinajstić information content (AvgIpc) is 2.28. The Balaban J connectivity index is 2.43. The highest BCUT2D eigenvalue weighted by Crippen LogP contribution is 2.15. The molecule has 0 saturated heterocycles. The standard InChI is InChI=1S/C12H17O3/c1-3-13-10-12(14-4-2)15-11-8-6-5-7-9-11/h5-9H,3-4,10H2,1-2H3. The summed E-state index contributed by atoms with van der Waals surface area (Å²) in [7, 11) is 0. The summed E-state index contributed by atoms with van der Waals surface area (Å²) in [5.74, 6) is 0.764. The first-order valence-electron chi connectivity index (χ1n) is 5.16. The van der Waals surface area contributed by atoms with Crippen LogP contribution in [-0.4, -0.2) is 19.8 Å². The lowest BCUT2D eigenvalue weighted by Gasteiger charge is -2.16. The number of hydrogen-bond donors (Lipinski definition) is 0. The molecule has 3 heteroatoms. The van der Waals surface area contributed by atoms with Gasteiger partial charge in [0.05, 0.1) is 0 Å². The lowest BCUT2D eigenvalue weighted by molar-refractivity contribution is -0.0275. The Hall–Kier alpha value is -1.06. The van der Waals surface area contributed by atoms with E-state index < -0.39 is 0 Å². The molecule has 0 bridgehead atoms. The van der Waals surface area contributed by atoms with Gasteiger partial charge in [-0.15, -0.1) is 0 Å². The third kappa shape index (κ3) is 4.81. The van der Waals surface area contributed by atoms with Crippen molar-refractivity contribution < 1.29 is 14.2 Å². The number of benzene rings is 1. The van der Waals surface area contributed by atoms with Crippen LogP contribution in [0.2, 0.25) is 0 Å². The lowest BCUT2D eigenvalue weighted by atomic mass is 10.3. The van der Waals surface area contributed by atoms with Crippen LogP contribution in [0.25, 0.3) is 0 Å². The summed E-state index contributed by atoms with van der Waals surface area (Å²) in [6, 6.07) is 9.53. The van der Waals surface area contributed by atoms with E-state index in [2.05, 4.69) is 0 Å². The first-order valence-corrected chi connectivity index (χ1v) is 5.16. The van der Waals surface area contributed by atoms with Crippen LogP contribution in [-0.2, 0) is 9.47 Å². The molecular weight excluding hydrogens is 192 g/mol. The predicted octanol–water partition coefficient (Wildman–Crippen LogP) is 2.63. The molecule has 1 aromatic carbocycles. The van der Waals surface area contributed by atoms with Crippen molar-refractivity contribution >= 4 is 0 Å². The number of ether oxygens (including phenoxy) is 3. The maximum atomic E-state index is 5.53. The fourth-order valence-corrected chi connectivity index (χ4v) is 1.07. The molecule has 83 valence electrons. The second-order valence-corrected chi connectivity index (χ2v) is 2.86. The zero-order chi connectivity index (χ0) is 10.9. The van der Waals surface area contributed by atoms with Crippen LogP contribution >= 0.6 is 0 Å². The largest absolute Gasteiger partial charge is 0.453 e. The van der Waals surface area contributed by atoms with E-state index in [-0.39, 0.29) is 0 Å². The first-order chi connectivity index (χ1) is 7.36. The molecule has 0 heterocycles. The second-order valence-electron chi connectivity index (χ2n) is 2.86. The minimum atomic E-state index is 0.374. The molecule has 0 atom stereocenters. The first kappa shape index (κ1) is 12.0. The van der Waals surface area contributed by atoms with Gasteiger partial charge in [-0.3, -0.25) is 0 Å². The Morgan fingerprint density at radius 1 is 1.07 bits per heavy atom. The van der Waals surface area contributed by atoms with Crippen LogP contribution in [0.4, 0.5) is 0 Å². The van der Waals surface area contributed by atoms with Gasteiger partial charge >= 0.3 is 6.29 Å². The normalized spacial score (nSPS) is 10.6. The summed E-state index contributed by atoms with van der Waals surface area (Å²) >= 11 is 0. The second kappa shape index (κ2) is 7.26. The summed E-state index contributed by atoms with van der Waals surface area (Å²) in [6.07, 6.45) is 0.505. The van der Waals surface area contributed by atoms with E-state index >= 15 is 0 Å². The zero-order valence-corrected chi connectivity index (χ0v) is 9.23. The van der Waals surface area contributed by atoms with Crippen molar-refractivity contribution in [3.63, 3.8) is 0 Å². The predicted molar refractivity (Wildman–Crippen MR) is 58.4 cm³/mol. The fourth-order valence-electron chi connectivity index (χ4n) is 1.07. The summed E-state index contributed by atoms with van der Waals surface area (Å²) in [6.45, 7) is 5.45. The molecule has 0 aliphatic rings. The van der Waals surface area contributed by atoms with Crippen LogP contribution in [0.5, 0.6) is 5.75 Å². The lowest BCUT2D eigenvalue weighted by Crippen LogP contribution is -2.17. The van der Waals surface area contributed by atoms with Crippen molar-refractivity contribution in [3.05, 3.63) is 36.6 Å². The van der Waals surface area contributed by atoms with E-state index in [0.717, 1.165) is 5.75 Å². The van der Waals surface area contributed by atoms with Gasteiger partial charge in [-0.05, 0) is 26.0 Å². The molecule has 0 unspecified atom stereocenters. The summed E-state index contributed by atoms with van der Waals surface area (Å²) in [5, 5.41) is 0. The average molecular weight is 209 g/mol. The third-order valence-electron chi connectivity index (χ3n) is 1.70. The minimum Gasteiger partial charge on any atom is -0.453 e. The van der Waals surface area contributed by atoms with Crippen LogP contribution in [0, 0.1) is 6.29 Å². The van der Waals surface area contributed by atoms with Crippen molar-refractivity contribution in [1.29, 1.82) is 0 Å². The third-order valence-corrected chi connectivity index (χ3v) is 1.70. The van der Waals surface area contributed by atoms with Gasteiger partial charge in [0, 0.05) is 13.2 Å². The highest BCUT2D eigenvalue weighted by atomic mass is 16.7. The molecule has 0 aromatic heterocycles. The van der Waals surface area contributed by atoms with Crippen LogP contribution in [0.1, 0.15) is 13.8 Å². The maximum absolute atomic E-state index is 5.53. The highest BCUT2D eigenvalue weighted by molar-refractivity contribution is 5.21. The van der Waals surface area contributed by atoms with Gasteiger partial charge in [-0.2, -0.15) is 0 Å². The van der Waals surface area contributed by atoms with Gasteiger partial charge in [-0.25, -0.2) is 0 Å². The van der Waals surface area contributed by atoms with E-state index in [1.165, 1.54) is 0 Å². The molecule has 0 N–H and O–H groups in total. The Morgan fingerprint density at radius 2 is 1.80 bits per heavy atom. The molecule has 3 nitrogen and oxygen atoms in total.